The first-order valence-electron chi connectivity index (χ1n) is 9.38. The highest BCUT2D eigenvalue weighted by Crippen LogP contribution is 2.17. The van der Waals surface area contributed by atoms with Crippen LogP contribution in [-0.4, -0.2) is 44.2 Å². The maximum Gasteiger partial charge on any atom is 0.253 e. The number of rotatable bonds is 8. The van der Waals surface area contributed by atoms with Crippen LogP contribution < -0.4 is 10.6 Å². The van der Waals surface area contributed by atoms with Crippen molar-refractivity contribution in [1.82, 2.24) is 9.62 Å². The molecule has 2 aromatic carbocycles. The van der Waals surface area contributed by atoms with Gasteiger partial charge >= 0.3 is 0 Å². The van der Waals surface area contributed by atoms with E-state index in [1.807, 2.05) is 20.8 Å². The van der Waals surface area contributed by atoms with Crippen LogP contribution in [0.25, 0.3) is 0 Å². The maximum atomic E-state index is 12.6. The van der Waals surface area contributed by atoms with Crippen LogP contribution >= 0.6 is 0 Å². The zero-order valence-electron chi connectivity index (χ0n) is 17.1. The van der Waals surface area contributed by atoms with E-state index in [1.54, 1.807) is 36.4 Å². The van der Waals surface area contributed by atoms with E-state index in [0.29, 0.717) is 11.3 Å². The highest BCUT2D eigenvalue weighted by atomic mass is 32.2. The van der Waals surface area contributed by atoms with Crippen LogP contribution in [-0.2, 0) is 14.8 Å². The molecule has 0 fully saturated rings. The second kappa shape index (κ2) is 9.67. The van der Waals surface area contributed by atoms with Crippen LogP contribution in [0, 0.1) is 6.92 Å². The van der Waals surface area contributed by atoms with Crippen molar-refractivity contribution in [2.45, 2.75) is 38.1 Å². The molecule has 0 aliphatic carbocycles. The summed E-state index contributed by atoms with van der Waals surface area (Å²) in [5.74, 6) is -0.831. The molecule has 0 aromatic heterocycles. The summed E-state index contributed by atoms with van der Waals surface area (Å²) in [6, 6.07) is 13.0. The highest BCUT2D eigenvalue weighted by Gasteiger charge is 2.23. The molecule has 2 amide bonds. The van der Waals surface area contributed by atoms with Crippen molar-refractivity contribution in [1.29, 1.82) is 0 Å². The summed E-state index contributed by atoms with van der Waals surface area (Å²) in [5.41, 5.74) is 1.60. The molecule has 2 N–H and O–H groups in total. The number of nitrogens with zero attached hydrogens (tertiary/aromatic N) is 1. The lowest BCUT2D eigenvalue weighted by molar-refractivity contribution is -0.116. The van der Waals surface area contributed by atoms with E-state index < -0.39 is 15.9 Å². The third kappa shape index (κ3) is 5.88. The van der Waals surface area contributed by atoms with Crippen LogP contribution in [0.3, 0.4) is 0 Å². The number of carbonyl (C=O) groups excluding carboxylic acids is 2. The van der Waals surface area contributed by atoms with E-state index >= 15 is 0 Å². The van der Waals surface area contributed by atoms with Gasteiger partial charge in [-0.15, -0.1) is 0 Å². The largest absolute Gasteiger partial charge is 0.350 e. The third-order valence-corrected chi connectivity index (χ3v) is 6.35. The number of hydrogen-bond acceptors (Lipinski definition) is 4. The fourth-order valence-corrected chi connectivity index (χ4v) is 3.69. The molecule has 0 bridgehead atoms. The Balaban J connectivity index is 2.11. The van der Waals surface area contributed by atoms with Gasteiger partial charge in [0.2, 0.25) is 15.9 Å². The van der Waals surface area contributed by atoms with Crippen LogP contribution in [0.4, 0.5) is 5.69 Å². The van der Waals surface area contributed by atoms with Crippen molar-refractivity contribution in [3.63, 3.8) is 0 Å². The molecule has 0 aliphatic heterocycles. The number of carbonyl (C=O) groups is 2. The Hall–Kier alpha value is -2.71. The Morgan fingerprint density at radius 1 is 1.07 bits per heavy atom. The molecule has 8 heteroatoms. The first kappa shape index (κ1) is 22.6. The smallest absolute Gasteiger partial charge is 0.253 e. The number of para-hydroxylation sites is 1. The van der Waals surface area contributed by atoms with Crippen LogP contribution in [0.2, 0.25) is 0 Å². The molecule has 156 valence electrons. The number of sulfonamides is 1. The van der Waals surface area contributed by atoms with Gasteiger partial charge in [-0.25, -0.2) is 8.42 Å². The van der Waals surface area contributed by atoms with Gasteiger partial charge in [0.05, 0.1) is 22.7 Å². The molecule has 2 rings (SSSR count). The molecule has 1 atom stereocenters. The molecule has 0 radical (unpaired) electrons. The summed E-state index contributed by atoms with van der Waals surface area (Å²) >= 11 is 0. The number of hydrogen-bond donors (Lipinski definition) is 2. The number of aryl methyl sites for hydroxylation is 1. The Bertz CT molecular complexity index is 972. The lowest BCUT2D eigenvalue weighted by atomic mass is 10.1. The van der Waals surface area contributed by atoms with E-state index in [4.69, 9.17) is 0 Å². The average molecular weight is 418 g/mol. The van der Waals surface area contributed by atoms with Crippen molar-refractivity contribution >= 4 is 27.5 Å². The standard InChI is InChI=1S/C21H27N3O4S/c1-5-16(3)22-21(26)18-8-6-7-9-19(18)23-20(25)14-24(4)29(27,28)17-12-10-15(2)11-13-17/h6-13,16H,5,14H2,1-4H3,(H,22,26)(H,23,25)/t16-/m0/s1. The van der Waals surface area contributed by atoms with Gasteiger partial charge in [0.25, 0.3) is 5.91 Å². The molecule has 0 heterocycles. The monoisotopic (exact) mass is 417 g/mol. The minimum absolute atomic E-state index is 0.00274. The summed E-state index contributed by atoms with van der Waals surface area (Å²) in [5, 5.41) is 5.49. The predicted molar refractivity (Wildman–Crippen MR) is 113 cm³/mol. The number of anilines is 1. The van der Waals surface area contributed by atoms with Gasteiger partial charge in [0.15, 0.2) is 0 Å². The normalized spacial score (nSPS) is 12.4. The van der Waals surface area contributed by atoms with Crippen molar-refractivity contribution in [2.24, 2.45) is 0 Å². The molecule has 0 unspecified atom stereocenters. The highest BCUT2D eigenvalue weighted by molar-refractivity contribution is 7.89. The Kier molecular flexibility index (Phi) is 7.53. The molecule has 7 nitrogen and oxygen atoms in total. The fraction of sp³-hybridized carbons (Fsp3) is 0.333. The van der Waals surface area contributed by atoms with Gasteiger partial charge in [0, 0.05) is 13.1 Å². The Morgan fingerprint density at radius 2 is 1.69 bits per heavy atom. The van der Waals surface area contributed by atoms with E-state index in [-0.39, 0.29) is 23.4 Å². The fourth-order valence-electron chi connectivity index (χ4n) is 2.56. The zero-order chi connectivity index (χ0) is 21.6. The van der Waals surface area contributed by atoms with Crippen molar-refractivity contribution in [2.75, 3.05) is 18.9 Å². The van der Waals surface area contributed by atoms with Crippen LogP contribution in [0.1, 0.15) is 36.2 Å². The number of nitrogens with one attached hydrogen (secondary N) is 2. The van der Waals surface area contributed by atoms with Gasteiger partial charge in [0.1, 0.15) is 0 Å². The van der Waals surface area contributed by atoms with Gasteiger partial charge in [-0.1, -0.05) is 36.8 Å². The number of benzene rings is 2. The minimum atomic E-state index is -3.80. The Labute approximate surface area is 172 Å². The lowest BCUT2D eigenvalue weighted by Gasteiger charge is -2.18. The first-order valence-corrected chi connectivity index (χ1v) is 10.8. The lowest BCUT2D eigenvalue weighted by Crippen LogP contribution is -2.36. The van der Waals surface area contributed by atoms with E-state index in [1.165, 1.54) is 19.2 Å². The minimum Gasteiger partial charge on any atom is -0.350 e. The van der Waals surface area contributed by atoms with Gasteiger partial charge in [-0.05, 0) is 44.5 Å². The summed E-state index contributed by atoms with van der Waals surface area (Å²) in [7, 11) is -2.45. The van der Waals surface area contributed by atoms with Gasteiger partial charge in [-0.3, -0.25) is 9.59 Å². The van der Waals surface area contributed by atoms with Crippen molar-refractivity contribution in [3.05, 3.63) is 59.7 Å². The maximum absolute atomic E-state index is 12.6. The molecule has 0 spiro atoms. The van der Waals surface area contributed by atoms with Gasteiger partial charge < -0.3 is 10.6 Å². The molecular formula is C21H27N3O4S. The topological polar surface area (TPSA) is 95.6 Å². The first-order chi connectivity index (χ1) is 13.6. The summed E-state index contributed by atoms with van der Waals surface area (Å²) in [6.45, 7) is 5.34. The molecule has 2 aromatic rings. The summed E-state index contributed by atoms with van der Waals surface area (Å²) in [4.78, 5) is 25.0. The van der Waals surface area contributed by atoms with E-state index in [2.05, 4.69) is 10.6 Å². The van der Waals surface area contributed by atoms with Crippen LogP contribution in [0.5, 0.6) is 0 Å². The van der Waals surface area contributed by atoms with E-state index in [0.717, 1.165) is 16.3 Å². The van der Waals surface area contributed by atoms with Gasteiger partial charge in [-0.2, -0.15) is 4.31 Å². The molecular weight excluding hydrogens is 390 g/mol. The third-order valence-electron chi connectivity index (χ3n) is 4.53. The quantitative estimate of drug-likeness (QED) is 0.690. The molecule has 0 aliphatic rings. The zero-order valence-corrected chi connectivity index (χ0v) is 17.9. The molecule has 0 saturated carbocycles. The molecule has 0 saturated heterocycles. The number of amides is 2. The van der Waals surface area contributed by atoms with E-state index in [9.17, 15) is 18.0 Å². The Morgan fingerprint density at radius 3 is 2.31 bits per heavy atom. The predicted octanol–water partition coefficient (Wildman–Crippen LogP) is 2.78. The summed E-state index contributed by atoms with van der Waals surface area (Å²) in [6.07, 6.45) is 0.780. The van der Waals surface area contributed by atoms with Crippen LogP contribution in [0.15, 0.2) is 53.4 Å². The van der Waals surface area contributed by atoms with Crippen molar-refractivity contribution < 1.29 is 18.0 Å². The second-order valence-corrected chi connectivity index (χ2v) is 9.00. The second-order valence-electron chi connectivity index (χ2n) is 6.95. The number of likely N-dealkylation sites (N-methyl/N-ethyl adjacent to an activating group) is 1. The SMILES string of the molecule is CC[C@H](C)NC(=O)c1ccccc1NC(=O)CN(C)S(=O)(=O)c1ccc(C)cc1. The molecule has 29 heavy (non-hydrogen) atoms. The average Bonchev–Trinajstić information content (AvgIpc) is 2.68. The summed E-state index contributed by atoms with van der Waals surface area (Å²) < 4.78 is 26.3. The van der Waals surface area contributed by atoms with Crippen molar-refractivity contribution in [3.8, 4) is 0 Å².